The topological polar surface area (TPSA) is 81.9 Å². The maximum Gasteiger partial charge on any atom is 0.122 e. The summed E-state index contributed by atoms with van der Waals surface area (Å²) in [6.45, 7) is 12.3. The zero-order valence-corrected chi connectivity index (χ0v) is 15.7. The van der Waals surface area contributed by atoms with Gasteiger partial charge in [0.05, 0.1) is 11.2 Å². The molecule has 5 nitrogen and oxygen atoms in total. The van der Waals surface area contributed by atoms with Gasteiger partial charge in [-0.05, 0) is 41.5 Å². The molecule has 2 rings (SSSR count). The second kappa shape index (κ2) is 8.34. The van der Waals surface area contributed by atoms with Gasteiger partial charge in [-0.25, -0.2) is 4.68 Å². The fourth-order valence-corrected chi connectivity index (χ4v) is 1.68. The van der Waals surface area contributed by atoms with E-state index in [1.165, 1.54) is 0 Å². The van der Waals surface area contributed by atoms with E-state index in [2.05, 4.69) is 31.3 Å². The second-order valence-electron chi connectivity index (χ2n) is 7.30. The van der Waals surface area contributed by atoms with Crippen LogP contribution in [0.2, 0.25) is 0 Å². The van der Waals surface area contributed by atoms with Crippen molar-refractivity contribution >= 4 is 18.2 Å². The van der Waals surface area contributed by atoms with Crippen LogP contribution in [0.4, 0.5) is 5.82 Å². The Hall–Kier alpha value is -1.56. The molecule has 0 radical (unpaired) electrons. The Balaban J connectivity index is 0.000000599. The fourth-order valence-electron chi connectivity index (χ4n) is 1.68. The smallest absolute Gasteiger partial charge is 0.122 e. The van der Waals surface area contributed by atoms with Crippen molar-refractivity contribution in [1.82, 2.24) is 15.2 Å². The van der Waals surface area contributed by atoms with Gasteiger partial charge in [-0.2, -0.15) is 5.10 Å². The molecule has 6 heteroatoms. The number of aromatic nitrogens is 2. The Morgan fingerprint density at radius 3 is 1.83 bits per heavy atom. The molecule has 0 aliphatic carbocycles. The quantitative estimate of drug-likeness (QED) is 0.548. The lowest BCUT2D eigenvalue weighted by molar-refractivity contribution is 0.362. The summed E-state index contributed by atoms with van der Waals surface area (Å²) in [6.07, 6.45) is 0. The van der Waals surface area contributed by atoms with Crippen molar-refractivity contribution in [3.8, 4) is 11.3 Å². The van der Waals surface area contributed by atoms with Crippen LogP contribution in [0, 0.1) is 0 Å². The summed E-state index contributed by atoms with van der Waals surface area (Å²) in [4.78, 5) is 0. The Kier molecular flexibility index (Phi) is 7.77. The molecule has 0 atom stereocenters. The van der Waals surface area contributed by atoms with Crippen molar-refractivity contribution in [2.45, 2.75) is 52.6 Å². The number of benzene rings is 1. The molecule has 130 valence electrons. The normalized spacial score (nSPS) is 11.3. The van der Waals surface area contributed by atoms with E-state index in [9.17, 15) is 0 Å². The molecule has 1 aromatic carbocycles. The minimum atomic E-state index is -0.0862. The number of nitrogens with two attached hydrogens (primary N) is 2. The van der Waals surface area contributed by atoms with Crippen molar-refractivity contribution in [2.75, 3.05) is 5.73 Å². The van der Waals surface area contributed by atoms with Gasteiger partial charge in [0.1, 0.15) is 5.82 Å². The summed E-state index contributed by atoms with van der Waals surface area (Å²) >= 11 is 0. The van der Waals surface area contributed by atoms with Crippen LogP contribution in [0.5, 0.6) is 0 Å². The van der Waals surface area contributed by atoms with Gasteiger partial charge in [0.15, 0.2) is 0 Å². The maximum atomic E-state index is 5.97. The SMILES string of the molecule is CC(C)(C)NN.CC(C)(C)n1nc(-c2ccccc2)cc1N.Cl. The van der Waals surface area contributed by atoms with Crippen molar-refractivity contribution in [3.63, 3.8) is 0 Å². The first-order valence-electron chi connectivity index (χ1n) is 7.44. The van der Waals surface area contributed by atoms with Gasteiger partial charge in [0, 0.05) is 17.2 Å². The number of nitrogen functional groups attached to an aromatic ring is 1. The largest absolute Gasteiger partial charge is 0.384 e. The van der Waals surface area contributed by atoms with Crippen LogP contribution in [0.15, 0.2) is 36.4 Å². The van der Waals surface area contributed by atoms with Gasteiger partial charge in [-0.3, -0.25) is 11.3 Å². The molecule has 1 aromatic heterocycles. The van der Waals surface area contributed by atoms with Crippen molar-refractivity contribution < 1.29 is 0 Å². The summed E-state index contributed by atoms with van der Waals surface area (Å²) in [5.41, 5.74) is 10.6. The molecule has 0 fully saturated rings. The minimum absolute atomic E-state index is 0. The standard InChI is InChI=1S/C13H17N3.C4H12N2.ClH/c1-13(2,3)16-12(14)9-11(15-16)10-7-5-4-6-8-10;1-4(2,3)6-5;/h4-9H,14H2,1-3H3;6H,5H2,1-3H3;1H. The van der Waals surface area contributed by atoms with Gasteiger partial charge in [-0.15, -0.1) is 12.4 Å². The molecule has 5 N–H and O–H groups in total. The first kappa shape index (κ1) is 21.4. The van der Waals surface area contributed by atoms with E-state index in [-0.39, 0.29) is 23.5 Å². The number of hydrogen-bond donors (Lipinski definition) is 3. The van der Waals surface area contributed by atoms with E-state index in [1.807, 2.05) is 61.9 Å². The summed E-state index contributed by atoms with van der Waals surface area (Å²) in [6, 6.07) is 12.0. The molecule has 0 unspecified atom stereocenters. The van der Waals surface area contributed by atoms with E-state index < -0.39 is 0 Å². The second-order valence-corrected chi connectivity index (χ2v) is 7.30. The van der Waals surface area contributed by atoms with Crippen LogP contribution in [-0.2, 0) is 5.54 Å². The monoisotopic (exact) mass is 339 g/mol. The van der Waals surface area contributed by atoms with E-state index in [1.54, 1.807) is 0 Å². The van der Waals surface area contributed by atoms with Crippen molar-refractivity contribution in [2.24, 2.45) is 5.84 Å². The Morgan fingerprint density at radius 1 is 1.00 bits per heavy atom. The van der Waals surface area contributed by atoms with E-state index in [0.29, 0.717) is 5.82 Å². The van der Waals surface area contributed by atoms with Crippen LogP contribution in [0.1, 0.15) is 41.5 Å². The van der Waals surface area contributed by atoms with Crippen LogP contribution >= 0.6 is 12.4 Å². The highest BCUT2D eigenvalue weighted by atomic mass is 35.5. The van der Waals surface area contributed by atoms with Gasteiger partial charge < -0.3 is 5.73 Å². The number of anilines is 1. The highest BCUT2D eigenvalue weighted by Gasteiger charge is 2.18. The number of halogens is 1. The molecular formula is C17H30ClN5. The van der Waals surface area contributed by atoms with Crippen LogP contribution in [0.25, 0.3) is 11.3 Å². The first-order valence-corrected chi connectivity index (χ1v) is 7.44. The summed E-state index contributed by atoms with van der Waals surface area (Å²) in [7, 11) is 0. The minimum Gasteiger partial charge on any atom is -0.384 e. The molecule has 1 heterocycles. The third-order valence-electron chi connectivity index (χ3n) is 2.87. The first-order chi connectivity index (χ1) is 10.0. The lowest BCUT2D eigenvalue weighted by atomic mass is 10.1. The van der Waals surface area contributed by atoms with Gasteiger partial charge >= 0.3 is 0 Å². The van der Waals surface area contributed by atoms with Crippen LogP contribution in [0.3, 0.4) is 0 Å². The van der Waals surface area contributed by atoms with Crippen molar-refractivity contribution in [3.05, 3.63) is 36.4 Å². The molecule has 0 aliphatic heterocycles. The number of nitrogens with one attached hydrogen (secondary N) is 1. The van der Waals surface area contributed by atoms with E-state index in [4.69, 9.17) is 11.6 Å². The third-order valence-corrected chi connectivity index (χ3v) is 2.87. The Labute approximate surface area is 145 Å². The predicted molar refractivity (Wildman–Crippen MR) is 101 cm³/mol. The van der Waals surface area contributed by atoms with Gasteiger partial charge in [-0.1, -0.05) is 30.3 Å². The average molecular weight is 340 g/mol. The van der Waals surface area contributed by atoms with Crippen LogP contribution in [-0.4, -0.2) is 15.3 Å². The number of rotatable bonds is 1. The molecule has 0 aliphatic rings. The molecule has 0 saturated carbocycles. The highest BCUT2D eigenvalue weighted by Crippen LogP contribution is 2.24. The molecule has 2 aromatic rings. The lowest BCUT2D eigenvalue weighted by Gasteiger charge is -2.20. The maximum absolute atomic E-state index is 5.97. The van der Waals surface area contributed by atoms with E-state index in [0.717, 1.165) is 11.3 Å². The molecule has 23 heavy (non-hydrogen) atoms. The number of nitrogens with zero attached hydrogens (tertiary/aromatic N) is 2. The number of hydrogen-bond acceptors (Lipinski definition) is 4. The Bertz CT molecular complexity index is 579. The summed E-state index contributed by atoms with van der Waals surface area (Å²) in [5, 5.41) is 4.54. The third kappa shape index (κ3) is 7.03. The molecule has 0 amide bonds. The zero-order chi connectivity index (χ0) is 17.0. The predicted octanol–water partition coefficient (Wildman–Crippen LogP) is 3.56. The summed E-state index contributed by atoms with van der Waals surface area (Å²) < 4.78 is 1.86. The average Bonchev–Trinajstić information content (AvgIpc) is 2.82. The summed E-state index contributed by atoms with van der Waals surface area (Å²) in [5.74, 6) is 5.76. The zero-order valence-electron chi connectivity index (χ0n) is 14.9. The fraction of sp³-hybridized carbons (Fsp3) is 0.471. The Morgan fingerprint density at radius 2 is 1.48 bits per heavy atom. The molecule has 0 bridgehead atoms. The van der Waals surface area contributed by atoms with E-state index >= 15 is 0 Å². The molecule has 0 saturated heterocycles. The van der Waals surface area contributed by atoms with Crippen LogP contribution < -0.4 is 17.0 Å². The van der Waals surface area contributed by atoms with Crippen molar-refractivity contribution in [1.29, 1.82) is 0 Å². The molecular weight excluding hydrogens is 310 g/mol. The van der Waals surface area contributed by atoms with Gasteiger partial charge in [0.2, 0.25) is 0 Å². The molecule has 0 spiro atoms. The van der Waals surface area contributed by atoms with Gasteiger partial charge in [0.25, 0.3) is 0 Å². The lowest BCUT2D eigenvalue weighted by Crippen LogP contribution is -2.41. The highest BCUT2D eigenvalue weighted by molar-refractivity contribution is 5.85. The number of hydrazine groups is 1.